The van der Waals surface area contributed by atoms with Crippen molar-refractivity contribution in [2.75, 3.05) is 13.7 Å². The van der Waals surface area contributed by atoms with Gasteiger partial charge in [-0.15, -0.1) is 0 Å². The molecule has 5 heteroatoms. The maximum Gasteiger partial charge on any atom is 0.291 e. The second-order valence-electron chi connectivity index (χ2n) is 5.45. The second-order valence-corrected chi connectivity index (χ2v) is 5.45. The van der Waals surface area contributed by atoms with Gasteiger partial charge >= 0.3 is 0 Å². The molecule has 1 rings (SSSR count). The number of amidine groups is 1. The lowest BCUT2D eigenvalue weighted by atomic mass is 10.1. The Balaban J connectivity index is 2.85. The summed E-state index contributed by atoms with van der Waals surface area (Å²) in [7, 11) is 1.57. The summed E-state index contributed by atoms with van der Waals surface area (Å²) in [6, 6.07) is 7.31. The quantitative estimate of drug-likeness (QED) is 0.648. The molecule has 0 fully saturated rings. The lowest BCUT2D eigenvalue weighted by Crippen LogP contribution is -2.34. The summed E-state index contributed by atoms with van der Waals surface area (Å²) in [5.74, 6) is 0.745. The topological polar surface area (TPSA) is 59.9 Å². The molecule has 1 aromatic carbocycles. The van der Waals surface area contributed by atoms with Crippen molar-refractivity contribution in [1.82, 2.24) is 5.32 Å². The van der Waals surface area contributed by atoms with E-state index in [1.54, 1.807) is 31.4 Å². The van der Waals surface area contributed by atoms with Gasteiger partial charge in [0, 0.05) is 5.56 Å². The number of nitrogens with zero attached hydrogens (tertiary/aromatic N) is 1. The van der Waals surface area contributed by atoms with Crippen molar-refractivity contribution in [1.29, 1.82) is 0 Å². The molecule has 0 heterocycles. The highest BCUT2D eigenvalue weighted by molar-refractivity contribution is 6.04. The van der Waals surface area contributed by atoms with Crippen molar-refractivity contribution in [3.05, 3.63) is 29.8 Å². The van der Waals surface area contributed by atoms with Crippen LogP contribution in [-0.4, -0.2) is 31.7 Å². The maximum absolute atomic E-state index is 12.3. The molecule has 1 amide bonds. The summed E-state index contributed by atoms with van der Waals surface area (Å²) in [5.41, 5.74) is 0.504. The summed E-state index contributed by atoms with van der Waals surface area (Å²) < 4.78 is 10.7. The predicted molar refractivity (Wildman–Crippen MR) is 88.4 cm³/mol. The normalized spacial score (nSPS) is 12.9. The highest BCUT2D eigenvalue weighted by Gasteiger charge is 2.13. The average Bonchev–Trinajstić information content (AvgIpc) is 2.52. The van der Waals surface area contributed by atoms with Gasteiger partial charge in [-0.05, 0) is 37.5 Å². The molecule has 0 saturated carbocycles. The van der Waals surface area contributed by atoms with Crippen LogP contribution in [0.3, 0.4) is 0 Å². The number of carbonyl (C=O) groups excluding carboxylic acids is 1. The van der Waals surface area contributed by atoms with E-state index in [4.69, 9.17) is 9.47 Å². The van der Waals surface area contributed by atoms with Crippen molar-refractivity contribution in [2.24, 2.45) is 10.9 Å². The number of carbonyl (C=O) groups is 1. The Bertz CT molecular complexity index is 512. The monoisotopic (exact) mass is 306 g/mol. The molecule has 0 unspecified atom stereocenters. The van der Waals surface area contributed by atoms with Gasteiger partial charge in [0.1, 0.15) is 5.75 Å². The van der Waals surface area contributed by atoms with Crippen LogP contribution in [0.4, 0.5) is 0 Å². The van der Waals surface area contributed by atoms with E-state index in [1.807, 2.05) is 13.8 Å². The van der Waals surface area contributed by atoms with Crippen molar-refractivity contribution >= 4 is 11.9 Å². The van der Waals surface area contributed by atoms with Crippen LogP contribution >= 0.6 is 0 Å². The van der Waals surface area contributed by atoms with E-state index in [0.717, 1.165) is 6.42 Å². The smallest absolute Gasteiger partial charge is 0.291 e. The van der Waals surface area contributed by atoms with Crippen LogP contribution in [0.25, 0.3) is 0 Å². The van der Waals surface area contributed by atoms with Crippen LogP contribution in [0.2, 0.25) is 0 Å². The van der Waals surface area contributed by atoms with Gasteiger partial charge in [-0.2, -0.15) is 0 Å². The molecule has 0 aliphatic rings. The highest BCUT2D eigenvalue weighted by Crippen LogP contribution is 2.12. The summed E-state index contributed by atoms with van der Waals surface area (Å²) in [4.78, 5) is 16.8. The first kappa shape index (κ1) is 18.0. The van der Waals surface area contributed by atoms with Gasteiger partial charge in [-0.1, -0.05) is 26.8 Å². The van der Waals surface area contributed by atoms with Gasteiger partial charge in [0.05, 0.1) is 19.8 Å². The largest absolute Gasteiger partial charge is 0.497 e. The van der Waals surface area contributed by atoms with Crippen LogP contribution in [0.5, 0.6) is 5.75 Å². The maximum atomic E-state index is 12.3. The van der Waals surface area contributed by atoms with Crippen LogP contribution in [0.15, 0.2) is 29.3 Å². The zero-order chi connectivity index (χ0) is 16.5. The van der Waals surface area contributed by atoms with Gasteiger partial charge < -0.3 is 9.47 Å². The molecule has 0 aromatic heterocycles. The van der Waals surface area contributed by atoms with Gasteiger partial charge in [-0.25, -0.2) is 4.99 Å². The molecule has 1 aromatic rings. The number of hydrogen-bond acceptors (Lipinski definition) is 4. The lowest BCUT2D eigenvalue weighted by Gasteiger charge is -2.15. The Morgan fingerprint density at radius 1 is 1.32 bits per heavy atom. The summed E-state index contributed by atoms with van der Waals surface area (Å²) >= 11 is 0. The zero-order valence-corrected chi connectivity index (χ0v) is 14.1. The van der Waals surface area contributed by atoms with Crippen LogP contribution in [0, 0.1) is 5.92 Å². The SMILES string of the molecule is CCCOC(=N[C@H](C)C(C)C)NC(=O)c1cccc(OC)c1. The molecular weight excluding hydrogens is 280 g/mol. The van der Waals surface area contributed by atoms with Crippen LogP contribution in [0.1, 0.15) is 44.5 Å². The second kappa shape index (κ2) is 9.07. The molecule has 0 radical (unpaired) electrons. The molecule has 0 saturated heterocycles. The Morgan fingerprint density at radius 3 is 2.64 bits per heavy atom. The fourth-order valence-electron chi connectivity index (χ4n) is 1.57. The minimum Gasteiger partial charge on any atom is -0.497 e. The van der Waals surface area contributed by atoms with Crippen molar-refractivity contribution in [3.63, 3.8) is 0 Å². The van der Waals surface area contributed by atoms with E-state index >= 15 is 0 Å². The molecule has 22 heavy (non-hydrogen) atoms. The number of methoxy groups -OCH3 is 1. The standard InChI is InChI=1S/C17H26N2O3/c1-6-10-22-17(18-13(4)12(2)3)19-16(20)14-8-7-9-15(11-14)21-5/h7-9,11-13H,6,10H2,1-5H3,(H,18,19,20)/t13-/m1/s1. The molecule has 0 bridgehead atoms. The molecular formula is C17H26N2O3. The number of rotatable bonds is 6. The van der Waals surface area contributed by atoms with Gasteiger partial charge in [-0.3, -0.25) is 10.1 Å². The Morgan fingerprint density at radius 2 is 2.05 bits per heavy atom. The number of benzene rings is 1. The molecule has 0 spiro atoms. The van der Waals surface area contributed by atoms with E-state index in [9.17, 15) is 4.79 Å². The fourth-order valence-corrected chi connectivity index (χ4v) is 1.57. The third-order valence-electron chi connectivity index (χ3n) is 3.28. The van der Waals surface area contributed by atoms with Crippen molar-refractivity contribution < 1.29 is 14.3 Å². The summed E-state index contributed by atoms with van der Waals surface area (Å²) in [6.45, 7) is 8.68. The van der Waals surface area contributed by atoms with Crippen LogP contribution < -0.4 is 10.1 Å². The number of hydrogen-bond donors (Lipinski definition) is 1. The third-order valence-corrected chi connectivity index (χ3v) is 3.28. The van der Waals surface area contributed by atoms with E-state index in [-0.39, 0.29) is 18.0 Å². The van der Waals surface area contributed by atoms with E-state index in [1.165, 1.54) is 0 Å². The van der Waals surface area contributed by atoms with Crippen molar-refractivity contribution in [2.45, 2.75) is 40.2 Å². The number of ether oxygens (including phenoxy) is 2. The first-order chi connectivity index (χ1) is 10.5. The van der Waals surface area contributed by atoms with Gasteiger partial charge in [0.2, 0.25) is 0 Å². The minimum atomic E-state index is -0.260. The Kier molecular flexibility index (Phi) is 7.43. The van der Waals surface area contributed by atoms with E-state index in [2.05, 4.69) is 24.2 Å². The van der Waals surface area contributed by atoms with Crippen molar-refractivity contribution in [3.8, 4) is 5.75 Å². The van der Waals surface area contributed by atoms with E-state index < -0.39 is 0 Å². The number of nitrogens with one attached hydrogen (secondary N) is 1. The summed E-state index contributed by atoms with van der Waals surface area (Å²) in [5, 5.41) is 2.74. The zero-order valence-electron chi connectivity index (χ0n) is 14.1. The first-order valence-electron chi connectivity index (χ1n) is 7.63. The molecule has 5 nitrogen and oxygen atoms in total. The average molecular weight is 306 g/mol. The molecule has 0 aliphatic carbocycles. The summed E-state index contributed by atoms with van der Waals surface area (Å²) in [6.07, 6.45) is 0.851. The minimum absolute atomic E-state index is 0.0671. The van der Waals surface area contributed by atoms with E-state index in [0.29, 0.717) is 23.8 Å². The van der Waals surface area contributed by atoms with Gasteiger partial charge in [0.15, 0.2) is 0 Å². The number of amides is 1. The Labute approximate surface area is 132 Å². The van der Waals surface area contributed by atoms with Crippen LogP contribution in [-0.2, 0) is 4.74 Å². The first-order valence-corrected chi connectivity index (χ1v) is 7.63. The fraction of sp³-hybridized carbons (Fsp3) is 0.529. The highest BCUT2D eigenvalue weighted by atomic mass is 16.5. The number of aliphatic imine (C=N–C) groups is 1. The lowest BCUT2D eigenvalue weighted by molar-refractivity contribution is 0.0964. The molecule has 0 aliphatic heterocycles. The molecule has 1 atom stereocenters. The Hall–Kier alpha value is -2.04. The molecule has 122 valence electrons. The third kappa shape index (κ3) is 5.76. The molecule has 1 N–H and O–H groups in total. The van der Waals surface area contributed by atoms with Gasteiger partial charge in [0.25, 0.3) is 11.9 Å². The predicted octanol–water partition coefficient (Wildman–Crippen LogP) is 3.25.